The summed E-state index contributed by atoms with van der Waals surface area (Å²) in [5.74, 6) is -2.14. The lowest BCUT2D eigenvalue weighted by atomic mass is 9.92. The molecule has 4 rings (SSSR count). The van der Waals surface area contributed by atoms with Crippen molar-refractivity contribution in [3.63, 3.8) is 0 Å². The molecule has 0 saturated carbocycles. The molecule has 4 nitrogen and oxygen atoms in total. The summed E-state index contributed by atoms with van der Waals surface area (Å²) in [5.41, 5.74) is 1.07. The van der Waals surface area contributed by atoms with Crippen molar-refractivity contribution in [1.29, 1.82) is 0 Å². The van der Waals surface area contributed by atoms with Crippen LogP contribution < -0.4 is 5.32 Å². The molecule has 144 valence electrons. The second-order valence-electron chi connectivity index (χ2n) is 6.87. The Labute approximate surface area is 166 Å². The summed E-state index contributed by atoms with van der Waals surface area (Å²) < 4.78 is 13.1. The zero-order valence-corrected chi connectivity index (χ0v) is 15.4. The van der Waals surface area contributed by atoms with Gasteiger partial charge in [-0.3, -0.25) is 4.79 Å². The number of hydrogen-bond donors (Lipinski definition) is 2. The quantitative estimate of drug-likeness (QED) is 0.494. The van der Waals surface area contributed by atoms with E-state index in [0.717, 1.165) is 27.1 Å². The van der Waals surface area contributed by atoms with E-state index < -0.39 is 23.7 Å². The monoisotopic (exact) mass is 387 g/mol. The van der Waals surface area contributed by atoms with E-state index in [1.807, 2.05) is 48.5 Å². The number of carbonyl (C=O) groups excluding carboxylic acids is 1. The average Bonchev–Trinajstić information content (AvgIpc) is 2.73. The van der Waals surface area contributed by atoms with Gasteiger partial charge in [-0.15, -0.1) is 0 Å². The third kappa shape index (κ3) is 3.80. The van der Waals surface area contributed by atoms with Crippen LogP contribution in [0.1, 0.15) is 15.9 Å². The Morgan fingerprint density at radius 3 is 1.97 bits per heavy atom. The first kappa shape index (κ1) is 18.6. The maximum absolute atomic E-state index is 13.1. The van der Waals surface area contributed by atoms with Gasteiger partial charge in [0, 0.05) is 12.0 Å². The maximum Gasteiger partial charge on any atom is 0.326 e. The van der Waals surface area contributed by atoms with Crippen LogP contribution in [-0.4, -0.2) is 23.0 Å². The molecular formula is C24H18FNO3. The lowest BCUT2D eigenvalue weighted by Gasteiger charge is -2.18. The first-order valence-electron chi connectivity index (χ1n) is 9.21. The second kappa shape index (κ2) is 7.72. The minimum Gasteiger partial charge on any atom is -0.480 e. The lowest BCUT2D eigenvalue weighted by molar-refractivity contribution is -0.139. The molecule has 0 saturated heterocycles. The predicted octanol–water partition coefficient (Wildman–Crippen LogP) is 4.56. The number of carboxylic acids is 1. The summed E-state index contributed by atoms with van der Waals surface area (Å²) in [6.07, 6.45) is 0.129. The maximum atomic E-state index is 13.1. The fourth-order valence-electron chi connectivity index (χ4n) is 3.57. The minimum absolute atomic E-state index is 0.129. The van der Waals surface area contributed by atoms with Crippen LogP contribution in [0, 0.1) is 5.82 Å². The van der Waals surface area contributed by atoms with Crippen molar-refractivity contribution >= 4 is 33.4 Å². The number of aliphatic carboxylic acids is 1. The van der Waals surface area contributed by atoms with Gasteiger partial charge in [-0.25, -0.2) is 9.18 Å². The SMILES string of the molecule is O=C(N[C@H](Cc1c2ccccc2cc2ccccc12)C(=O)O)c1ccc(F)cc1. The van der Waals surface area contributed by atoms with Crippen LogP contribution in [-0.2, 0) is 11.2 Å². The zero-order valence-electron chi connectivity index (χ0n) is 15.4. The number of rotatable bonds is 5. The third-order valence-electron chi connectivity index (χ3n) is 5.00. The van der Waals surface area contributed by atoms with Gasteiger partial charge in [0.1, 0.15) is 11.9 Å². The summed E-state index contributed by atoms with van der Waals surface area (Å²) in [7, 11) is 0. The molecule has 1 amide bonds. The molecule has 0 bridgehead atoms. The van der Waals surface area contributed by atoms with E-state index in [-0.39, 0.29) is 12.0 Å². The van der Waals surface area contributed by atoms with Gasteiger partial charge >= 0.3 is 5.97 Å². The van der Waals surface area contributed by atoms with Gasteiger partial charge in [-0.1, -0.05) is 48.5 Å². The number of halogens is 1. The van der Waals surface area contributed by atoms with Crippen molar-refractivity contribution in [2.75, 3.05) is 0 Å². The molecule has 0 fully saturated rings. The van der Waals surface area contributed by atoms with Crippen molar-refractivity contribution in [2.45, 2.75) is 12.5 Å². The summed E-state index contributed by atoms with van der Waals surface area (Å²) in [6.45, 7) is 0. The Hall–Kier alpha value is -3.73. The smallest absolute Gasteiger partial charge is 0.326 e. The van der Waals surface area contributed by atoms with Crippen LogP contribution in [0.2, 0.25) is 0 Å². The van der Waals surface area contributed by atoms with Gasteiger partial charge < -0.3 is 10.4 Å². The summed E-state index contributed by atoms with van der Waals surface area (Å²) >= 11 is 0. The fraction of sp³-hybridized carbons (Fsp3) is 0.0833. The summed E-state index contributed by atoms with van der Waals surface area (Å²) in [4.78, 5) is 24.4. The molecule has 0 heterocycles. The van der Waals surface area contributed by atoms with E-state index in [2.05, 4.69) is 11.4 Å². The first-order valence-corrected chi connectivity index (χ1v) is 9.21. The summed E-state index contributed by atoms with van der Waals surface area (Å²) in [6, 6.07) is 21.5. The van der Waals surface area contributed by atoms with E-state index in [1.54, 1.807) is 0 Å². The normalized spacial score (nSPS) is 12.0. The number of fused-ring (bicyclic) bond motifs is 2. The highest BCUT2D eigenvalue weighted by Crippen LogP contribution is 2.29. The Bertz CT molecular complexity index is 1160. The molecule has 5 heteroatoms. The van der Waals surface area contributed by atoms with E-state index >= 15 is 0 Å². The average molecular weight is 387 g/mol. The Kier molecular flexibility index (Phi) is 4.96. The molecule has 0 radical (unpaired) electrons. The fourth-order valence-corrected chi connectivity index (χ4v) is 3.57. The van der Waals surface area contributed by atoms with Gasteiger partial charge in [0.15, 0.2) is 0 Å². The molecule has 1 atom stereocenters. The van der Waals surface area contributed by atoms with Crippen LogP contribution in [0.3, 0.4) is 0 Å². The molecule has 4 aromatic rings. The number of carboxylic acid groups (broad SMARTS) is 1. The molecule has 0 unspecified atom stereocenters. The van der Waals surface area contributed by atoms with E-state index in [4.69, 9.17) is 0 Å². The second-order valence-corrected chi connectivity index (χ2v) is 6.87. The van der Waals surface area contributed by atoms with E-state index in [9.17, 15) is 19.1 Å². The molecule has 29 heavy (non-hydrogen) atoms. The molecule has 0 aliphatic rings. The van der Waals surface area contributed by atoms with Crippen LogP contribution in [0.4, 0.5) is 4.39 Å². The lowest BCUT2D eigenvalue weighted by Crippen LogP contribution is -2.42. The summed E-state index contributed by atoms with van der Waals surface area (Å²) in [5, 5.41) is 16.2. The van der Waals surface area contributed by atoms with Crippen molar-refractivity contribution in [3.05, 3.63) is 95.8 Å². The minimum atomic E-state index is -1.13. The Morgan fingerprint density at radius 2 is 1.41 bits per heavy atom. The molecule has 0 aromatic heterocycles. The van der Waals surface area contributed by atoms with Gasteiger partial charge in [0.05, 0.1) is 0 Å². The topological polar surface area (TPSA) is 66.4 Å². The van der Waals surface area contributed by atoms with Crippen molar-refractivity contribution < 1.29 is 19.1 Å². The van der Waals surface area contributed by atoms with Crippen LogP contribution >= 0.6 is 0 Å². The molecule has 0 aliphatic heterocycles. The largest absolute Gasteiger partial charge is 0.480 e. The highest BCUT2D eigenvalue weighted by molar-refractivity contribution is 6.03. The number of hydrogen-bond acceptors (Lipinski definition) is 2. The Balaban J connectivity index is 1.73. The zero-order chi connectivity index (χ0) is 20.4. The van der Waals surface area contributed by atoms with E-state index in [1.165, 1.54) is 24.3 Å². The third-order valence-corrected chi connectivity index (χ3v) is 5.00. The molecule has 4 aromatic carbocycles. The van der Waals surface area contributed by atoms with Crippen LogP contribution in [0.25, 0.3) is 21.5 Å². The van der Waals surface area contributed by atoms with Crippen molar-refractivity contribution in [3.8, 4) is 0 Å². The van der Waals surface area contributed by atoms with Crippen molar-refractivity contribution in [2.24, 2.45) is 0 Å². The highest BCUT2D eigenvalue weighted by atomic mass is 19.1. The number of amides is 1. The van der Waals surface area contributed by atoms with Gasteiger partial charge in [0.25, 0.3) is 5.91 Å². The Morgan fingerprint density at radius 1 is 0.862 bits per heavy atom. The number of nitrogens with one attached hydrogen (secondary N) is 1. The first-order chi connectivity index (χ1) is 14.0. The van der Waals surface area contributed by atoms with Gasteiger partial charge in [-0.05, 0) is 57.4 Å². The van der Waals surface area contributed by atoms with Gasteiger partial charge in [-0.2, -0.15) is 0 Å². The predicted molar refractivity (Wildman–Crippen MR) is 110 cm³/mol. The number of carbonyl (C=O) groups is 2. The molecule has 2 N–H and O–H groups in total. The van der Waals surface area contributed by atoms with Crippen molar-refractivity contribution in [1.82, 2.24) is 5.32 Å². The standard InChI is InChI=1S/C24H18FNO3/c25-18-11-9-15(10-12-18)23(27)26-22(24(28)29)14-21-19-7-3-1-5-16(19)13-17-6-2-4-8-20(17)21/h1-13,22H,14H2,(H,26,27)(H,28,29)/t22-/m1/s1. The van der Waals surface area contributed by atoms with Crippen LogP contribution in [0.5, 0.6) is 0 Å². The highest BCUT2D eigenvalue weighted by Gasteiger charge is 2.23. The van der Waals surface area contributed by atoms with E-state index in [0.29, 0.717) is 0 Å². The molecule has 0 aliphatic carbocycles. The van der Waals surface area contributed by atoms with Gasteiger partial charge in [0.2, 0.25) is 0 Å². The van der Waals surface area contributed by atoms with Crippen LogP contribution in [0.15, 0.2) is 78.9 Å². The molecular weight excluding hydrogens is 369 g/mol. The molecule has 0 spiro atoms. The number of benzene rings is 4.